The number of aromatic nitrogens is 3. The maximum Gasteiger partial charge on any atom is 0.164 e. The molecule has 1 aliphatic heterocycles. The van der Waals surface area contributed by atoms with Gasteiger partial charge in [-0.1, -0.05) is 200 Å². The Morgan fingerprint density at radius 1 is 0.286 bits per heavy atom. The molecule has 1 aliphatic carbocycles. The third kappa shape index (κ3) is 5.10. The second kappa shape index (κ2) is 13.2. The number of hydrogen-bond donors (Lipinski definition) is 0. The van der Waals surface area contributed by atoms with Gasteiger partial charge in [0.2, 0.25) is 0 Å². The van der Waals surface area contributed by atoms with Crippen molar-refractivity contribution in [3.63, 3.8) is 0 Å². The first-order chi connectivity index (χ1) is 27.8. The van der Waals surface area contributed by atoms with Crippen molar-refractivity contribution in [2.24, 2.45) is 0 Å². The number of benzene rings is 8. The summed E-state index contributed by atoms with van der Waals surface area (Å²) >= 11 is 1.86. The van der Waals surface area contributed by atoms with Gasteiger partial charge in [-0.05, 0) is 67.8 Å². The van der Waals surface area contributed by atoms with Crippen molar-refractivity contribution in [1.82, 2.24) is 15.0 Å². The summed E-state index contributed by atoms with van der Waals surface area (Å²) in [4.78, 5) is 17.9. The Morgan fingerprint density at radius 3 is 1.38 bits per heavy atom. The van der Waals surface area contributed by atoms with E-state index in [-0.39, 0.29) is 0 Å². The standard InChI is InChI=1S/C52H33N3S/c1-3-15-34(16-4-1)35-27-29-37(30-28-35)50-53-49(36-17-5-2-6-18-36)54-51(55-50)42-22-8-7-19-39(42)38-31-32-46-48(33-38)56-47-26-14-13-25-45(47)52(46)43-23-11-9-20-40(43)41-21-10-12-24-44(41)52/h1-33H. The molecule has 9 aromatic rings. The Balaban J connectivity index is 1.07. The topological polar surface area (TPSA) is 38.7 Å². The largest absolute Gasteiger partial charge is 0.208 e. The SMILES string of the molecule is c1ccc(-c2ccc(-c3nc(-c4ccccc4)nc(-c4ccccc4-c4ccc5c(c4)Sc4ccccc4C54c5ccccc5-c5ccccc54)n3)cc2)cc1. The summed E-state index contributed by atoms with van der Waals surface area (Å²) in [5.41, 5.74) is 14.9. The summed E-state index contributed by atoms with van der Waals surface area (Å²) < 4.78 is 0. The molecule has 0 atom stereocenters. The number of nitrogens with zero attached hydrogens (tertiary/aromatic N) is 3. The molecular weight excluding hydrogens is 699 g/mol. The second-order valence-corrected chi connectivity index (χ2v) is 15.4. The van der Waals surface area contributed by atoms with Crippen LogP contribution in [0.2, 0.25) is 0 Å². The summed E-state index contributed by atoms with van der Waals surface area (Å²) in [6.07, 6.45) is 0. The Bertz CT molecular complexity index is 2890. The summed E-state index contributed by atoms with van der Waals surface area (Å²) in [5, 5.41) is 0. The fourth-order valence-electron chi connectivity index (χ4n) is 8.74. The molecule has 0 unspecified atom stereocenters. The number of rotatable bonds is 5. The Kier molecular flexibility index (Phi) is 7.64. The van der Waals surface area contributed by atoms with Crippen molar-refractivity contribution < 1.29 is 0 Å². The van der Waals surface area contributed by atoms with Gasteiger partial charge in [0.1, 0.15) is 0 Å². The lowest BCUT2D eigenvalue weighted by Crippen LogP contribution is -2.31. The van der Waals surface area contributed by atoms with E-state index < -0.39 is 5.41 Å². The molecule has 0 amide bonds. The molecule has 3 nitrogen and oxygen atoms in total. The van der Waals surface area contributed by atoms with Crippen LogP contribution in [0.4, 0.5) is 0 Å². The molecule has 0 fully saturated rings. The average Bonchev–Trinajstić information content (AvgIpc) is 3.57. The molecule has 11 rings (SSSR count). The molecule has 2 aliphatic rings. The summed E-state index contributed by atoms with van der Waals surface area (Å²) in [5.74, 6) is 1.93. The van der Waals surface area contributed by atoms with Crippen LogP contribution in [-0.2, 0) is 5.41 Å². The van der Waals surface area contributed by atoms with Gasteiger partial charge in [0.15, 0.2) is 17.5 Å². The van der Waals surface area contributed by atoms with E-state index in [1.807, 2.05) is 36.0 Å². The van der Waals surface area contributed by atoms with Crippen molar-refractivity contribution >= 4 is 11.8 Å². The number of fused-ring (bicyclic) bond motifs is 9. The van der Waals surface area contributed by atoms with Crippen LogP contribution in [0, 0.1) is 0 Å². The highest BCUT2D eigenvalue weighted by Crippen LogP contribution is 2.62. The Labute approximate surface area is 330 Å². The molecule has 0 bridgehead atoms. The predicted molar refractivity (Wildman–Crippen MR) is 228 cm³/mol. The second-order valence-electron chi connectivity index (χ2n) is 14.3. The fraction of sp³-hybridized carbons (Fsp3) is 0.0192. The van der Waals surface area contributed by atoms with Crippen LogP contribution < -0.4 is 0 Å². The van der Waals surface area contributed by atoms with Crippen LogP contribution in [0.25, 0.3) is 67.5 Å². The molecular formula is C52H33N3S. The normalized spacial score (nSPS) is 13.1. The molecule has 1 aromatic heterocycles. The van der Waals surface area contributed by atoms with Crippen LogP contribution in [0.15, 0.2) is 210 Å². The first-order valence-corrected chi connectivity index (χ1v) is 19.8. The lowest BCUT2D eigenvalue weighted by molar-refractivity contribution is 0.722. The van der Waals surface area contributed by atoms with Gasteiger partial charge in [-0.15, -0.1) is 0 Å². The van der Waals surface area contributed by atoms with Crippen LogP contribution in [-0.4, -0.2) is 15.0 Å². The van der Waals surface area contributed by atoms with E-state index in [1.165, 1.54) is 48.7 Å². The van der Waals surface area contributed by atoms with Gasteiger partial charge in [-0.2, -0.15) is 0 Å². The van der Waals surface area contributed by atoms with Gasteiger partial charge in [0, 0.05) is 26.5 Å². The van der Waals surface area contributed by atoms with Crippen LogP contribution in [0.1, 0.15) is 22.3 Å². The molecule has 0 radical (unpaired) electrons. The van der Waals surface area contributed by atoms with Gasteiger partial charge >= 0.3 is 0 Å². The zero-order valence-corrected chi connectivity index (χ0v) is 31.1. The molecule has 0 N–H and O–H groups in total. The van der Waals surface area contributed by atoms with Crippen molar-refractivity contribution in [3.8, 4) is 67.5 Å². The molecule has 2 heterocycles. The maximum absolute atomic E-state index is 5.19. The van der Waals surface area contributed by atoms with Gasteiger partial charge in [0.05, 0.1) is 5.41 Å². The minimum atomic E-state index is -0.411. The third-order valence-corrected chi connectivity index (χ3v) is 12.4. The molecule has 56 heavy (non-hydrogen) atoms. The summed E-state index contributed by atoms with van der Waals surface area (Å²) in [6, 6.07) is 71.5. The van der Waals surface area contributed by atoms with Crippen molar-refractivity contribution in [1.29, 1.82) is 0 Å². The molecule has 1 spiro atoms. The van der Waals surface area contributed by atoms with E-state index in [2.05, 4.69) is 176 Å². The van der Waals surface area contributed by atoms with Crippen LogP contribution in [0.3, 0.4) is 0 Å². The monoisotopic (exact) mass is 731 g/mol. The fourth-order valence-corrected chi connectivity index (χ4v) is 9.97. The average molecular weight is 732 g/mol. The first-order valence-electron chi connectivity index (χ1n) is 18.9. The van der Waals surface area contributed by atoms with Gasteiger partial charge in [-0.3, -0.25) is 0 Å². The molecule has 8 aromatic carbocycles. The zero-order valence-electron chi connectivity index (χ0n) is 30.3. The maximum atomic E-state index is 5.19. The van der Waals surface area contributed by atoms with Gasteiger partial charge in [-0.25, -0.2) is 15.0 Å². The number of hydrogen-bond acceptors (Lipinski definition) is 4. The molecule has 0 saturated carbocycles. The van der Waals surface area contributed by atoms with Crippen LogP contribution >= 0.6 is 11.8 Å². The van der Waals surface area contributed by atoms with Gasteiger partial charge < -0.3 is 0 Å². The van der Waals surface area contributed by atoms with E-state index in [4.69, 9.17) is 15.0 Å². The van der Waals surface area contributed by atoms with Crippen molar-refractivity contribution in [3.05, 3.63) is 222 Å². The first kappa shape index (κ1) is 32.5. The highest BCUT2D eigenvalue weighted by molar-refractivity contribution is 7.99. The predicted octanol–water partition coefficient (Wildman–Crippen LogP) is 13.0. The Morgan fingerprint density at radius 2 is 0.714 bits per heavy atom. The minimum absolute atomic E-state index is 0.411. The lowest BCUT2D eigenvalue weighted by Gasteiger charge is -2.39. The van der Waals surface area contributed by atoms with E-state index in [0.29, 0.717) is 17.5 Å². The zero-order chi connectivity index (χ0) is 37.1. The lowest BCUT2D eigenvalue weighted by atomic mass is 9.67. The van der Waals surface area contributed by atoms with E-state index in [1.54, 1.807) is 0 Å². The minimum Gasteiger partial charge on any atom is -0.208 e. The Hall–Kier alpha value is -6.88. The molecule has 262 valence electrons. The van der Waals surface area contributed by atoms with Crippen LogP contribution in [0.5, 0.6) is 0 Å². The third-order valence-electron chi connectivity index (χ3n) is 11.2. The highest BCUT2D eigenvalue weighted by atomic mass is 32.2. The van der Waals surface area contributed by atoms with Gasteiger partial charge in [0.25, 0.3) is 0 Å². The highest BCUT2D eigenvalue weighted by Gasteiger charge is 2.50. The quantitative estimate of drug-likeness (QED) is 0.177. The van der Waals surface area contributed by atoms with E-state index >= 15 is 0 Å². The summed E-state index contributed by atoms with van der Waals surface area (Å²) in [6.45, 7) is 0. The molecule has 4 heteroatoms. The van der Waals surface area contributed by atoms with E-state index in [9.17, 15) is 0 Å². The van der Waals surface area contributed by atoms with Crippen molar-refractivity contribution in [2.75, 3.05) is 0 Å². The van der Waals surface area contributed by atoms with E-state index in [0.717, 1.165) is 33.4 Å². The molecule has 0 saturated heterocycles. The summed E-state index contributed by atoms with van der Waals surface area (Å²) in [7, 11) is 0. The van der Waals surface area contributed by atoms with Crippen molar-refractivity contribution in [2.45, 2.75) is 15.2 Å². The smallest absolute Gasteiger partial charge is 0.164 e.